The fourth-order valence-corrected chi connectivity index (χ4v) is 17.4. The summed E-state index contributed by atoms with van der Waals surface area (Å²) in [4.78, 5) is 26.2. The Kier molecular flexibility index (Phi) is 26.9. The summed E-state index contributed by atoms with van der Waals surface area (Å²) in [6, 6.07) is 31.0. The van der Waals surface area contributed by atoms with E-state index in [1.807, 2.05) is 102 Å². The second-order valence-corrected chi connectivity index (χ2v) is 44.2. The van der Waals surface area contributed by atoms with Crippen LogP contribution < -0.4 is 10.4 Å². The van der Waals surface area contributed by atoms with Crippen LogP contribution in [0, 0.1) is 45.5 Å². The van der Waals surface area contributed by atoms with Gasteiger partial charge in [-0.3, -0.25) is 0 Å². The Morgan fingerprint density at radius 3 is 1.48 bits per heavy atom. The molecule has 2 heterocycles. The maximum Gasteiger partial charge on any atom is 0.392 e. The summed E-state index contributed by atoms with van der Waals surface area (Å²) < 4.78 is 81.1. The summed E-state index contributed by atoms with van der Waals surface area (Å²) in [7, 11) is -5.37. The molecule has 6 rings (SSSR count). The van der Waals surface area contributed by atoms with E-state index in [1.54, 1.807) is 13.8 Å². The number of carbonyl (C=O) groups excluding carboxylic acids is 2. The molecule has 11 nitrogen and oxygen atoms in total. The van der Waals surface area contributed by atoms with Crippen molar-refractivity contribution in [2.75, 3.05) is 13.2 Å². The van der Waals surface area contributed by atoms with Crippen LogP contribution in [0.1, 0.15) is 142 Å². The predicted molar refractivity (Wildman–Crippen MR) is 365 cm³/mol. The zero-order valence-electron chi connectivity index (χ0n) is 57.0. The molecule has 2 saturated heterocycles. The SMILES string of the molecule is Cc1cc(C)c(C(=O)OCC[Si](C)(C)C)c(/C=C/C[C@@H]2OC(C)(C)O[C@@H]2C(O)/C=C\C[C@H](C)O[Si](c2ccccc2)(c2ccccc2)C(C)(C)C)c1.Cc1cc(C)c(C(=O)OCC[Si](C)(C)C)c(/C=C/C[C@@H]2OC(C)(C)O[C@@H]2C(O)C#CC[C@@H](C)C(F)(F)F)c1. The van der Waals surface area contributed by atoms with Gasteiger partial charge in [-0.2, -0.15) is 13.2 Å². The molecule has 0 aliphatic carbocycles. The second-order valence-electron chi connectivity index (χ2n) is 28.7. The van der Waals surface area contributed by atoms with Crippen molar-refractivity contribution in [2.24, 2.45) is 5.92 Å². The van der Waals surface area contributed by atoms with E-state index in [-0.39, 0.29) is 29.2 Å². The summed E-state index contributed by atoms with van der Waals surface area (Å²) in [5.74, 6) is 0.849. The molecule has 2 aliphatic heterocycles. The van der Waals surface area contributed by atoms with E-state index in [0.717, 1.165) is 52.4 Å². The van der Waals surface area contributed by atoms with E-state index in [9.17, 15) is 33.0 Å². The number of benzene rings is 4. The van der Waals surface area contributed by atoms with Crippen LogP contribution in [0.3, 0.4) is 0 Å². The van der Waals surface area contributed by atoms with Crippen LogP contribution in [0.5, 0.6) is 0 Å². The summed E-state index contributed by atoms with van der Waals surface area (Å²) in [5, 5.41) is 24.4. The minimum absolute atomic E-state index is 0.0973. The Bertz CT molecular complexity index is 3110. The van der Waals surface area contributed by atoms with Crippen molar-refractivity contribution in [3.63, 3.8) is 0 Å². The Labute approximate surface area is 539 Å². The van der Waals surface area contributed by atoms with Crippen LogP contribution in [0.25, 0.3) is 12.2 Å². The molecule has 0 radical (unpaired) electrons. The van der Waals surface area contributed by atoms with Gasteiger partial charge in [0.15, 0.2) is 11.6 Å². The predicted octanol–water partition coefficient (Wildman–Crippen LogP) is 15.7. The number of hydrogen-bond acceptors (Lipinski definition) is 11. The van der Waals surface area contributed by atoms with Crippen molar-refractivity contribution >= 4 is 58.9 Å². The largest absolute Gasteiger partial charge is 0.462 e. The Morgan fingerprint density at radius 2 is 1.07 bits per heavy atom. The third kappa shape index (κ3) is 22.5. The first-order chi connectivity index (χ1) is 41.7. The molecule has 0 bridgehead atoms. The molecule has 4 aromatic rings. The van der Waals surface area contributed by atoms with Crippen LogP contribution in [0.4, 0.5) is 13.2 Å². The van der Waals surface area contributed by atoms with Gasteiger partial charge in [0.2, 0.25) is 0 Å². The monoisotopic (exact) mass is 1300 g/mol. The summed E-state index contributed by atoms with van der Waals surface area (Å²) in [6.07, 6.45) is 3.53. The fraction of sp³-hybridized carbons (Fsp3) is 0.534. The number of ether oxygens (including phenoxy) is 6. The smallest absolute Gasteiger partial charge is 0.392 e. The van der Waals surface area contributed by atoms with E-state index in [1.165, 1.54) is 10.4 Å². The lowest BCUT2D eigenvalue weighted by molar-refractivity contribution is -0.168. The normalized spacial score (nSPS) is 20.1. The van der Waals surface area contributed by atoms with Crippen molar-refractivity contribution in [3.8, 4) is 11.8 Å². The van der Waals surface area contributed by atoms with Gasteiger partial charge in [0.25, 0.3) is 8.32 Å². The molecular weight excluding hydrogens is 1190 g/mol. The highest BCUT2D eigenvalue weighted by atomic mass is 28.4. The highest BCUT2D eigenvalue weighted by Crippen LogP contribution is 2.39. The average molecular weight is 1300 g/mol. The van der Waals surface area contributed by atoms with Gasteiger partial charge < -0.3 is 43.1 Å². The van der Waals surface area contributed by atoms with Gasteiger partial charge in [-0.25, -0.2) is 9.59 Å². The van der Waals surface area contributed by atoms with Crippen molar-refractivity contribution in [3.05, 3.63) is 154 Å². The number of hydrogen-bond donors (Lipinski definition) is 2. The lowest BCUT2D eigenvalue weighted by Gasteiger charge is -2.44. The zero-order chi connectivity index (χ0) is 67.2. The molecule has 494 valence electrons. The molecule has 2 aliphatic rings. The highest BCUT2D eigenvalue weighted by Gasteiger charge is 2.51. The van der Waals surface area contributed by atoms with Crippen LogP contribution >= 0.6 is 0 Å². The Hall–Kier alpha value is -5.24. The fourth-order valence-electron chi connectivity index (χ4n) is 11.2. The number of esters is 2. The lowest BCUT2D eigenvalue weighted by Crippen LogP contribution is -2.67. The van der Waals surface area contributed by atoms with E-state index < -0.39 is 85.1 Å². The van der Waals surface area contributed by atoms with Gasteiger partial charge in [-0.15, -0.1) is 0 Å². The van der Waals surface area contributed by atoms with Gasteiger partial charge in [0, 0.05) is 28.7 Å². The number of carbonyl (C=O) groups is 2. The van der Waals surface area contributed by atoms with Crippen LogP contribution in [-0.4, -0.2) is 120 Å². The zero-order valence-corrected chi connectivity index (χ0v) is 60.0. The minimum atomic E-state index is -4.34. The van der Waals surface area contributed by atoms with Gasteiger partial charge in [0.1, 0.15) is 24.4 Å². The molecular formula is C73H103F3O11Si3. The lowest BCUT2D eigenvalue weighted by atomic mass is 9.97. The number of halogens is 3. The van der Waals surface area contributed by atoms with E-state index in [4.69, 9.17) is 32.8 Å². The van der Waals surface area contributed by atoms with Crippen molar-refractivity contribution in [1.29, 1.82) is 0 Å². The first kappa shape index (κ1) is 75.5. The van der Waals surface area contributed by atoms with Crippen molar-refractivity contribution in [2.45, 2.75) is 233 Å². The van der Waals surface area contributed by atoms with Crippen LogP contribution in [-0.2, 0) is 32.8 Å². The third-order valence-corrected chi connectivity index (χ3v) is 24.4. The van der Waals surface area contributed by atoms with Crippen molar-refractivity contribution in [1.82, 2.24) is 0 Å². The second kappa shape index (κ2) is 32.1. The van der Waals surface area contributed by atoms with Crippen LogP contribution in [0.2, 0.25) is 56.4 Å². The average Bonchev–Trinajstić information content (AvgIpc) is 1.09. The molecule has 0 amide bonds. The molecule has 0 spiro atoms. The molecule has 2 N–H and O–H groups in total. The van der Waals surface area contributed by atoms with Crippen LogP contribution in [0.15, 0.2) is 109 Å². The number of aliphatic hydroxyl groups excluding tert-OH is 2. The first-order valence-corrected chi connectivity index (χ1v) is 41.0. The van der Waals surface area contributed by atoms with E-state index in [2.05, 4.69) is 139 Å². The van der Waals surface area contributed by atoms with E-state index >= 15 is 0 Å². The molecule has 2 fully saturated rings. The van der Waals surface area contributed by atoms with Gasteiger partial charge in [-0.05, 0) is 131 Å². The maximum atomic E-state index is 13.2. The Morgan fingerprint density at radius 1 is 0.644 bits per heavy atom. The summed E-state index contributed by atoms with van der Waals surface area (Å²) >= 11 is 0. The molecule has 2 unspecified atom stereocenters. The number of alkyl halides is 3. The Balaban J connectivity index is 0.000000344. The summed E-state index contributed by atoms with van der Waals surface area (Å²) in [6.45, 7) is 39.3. The molecule has 0 saturated carbocycles. The minimum Gasteiger partial charge on any atom is -0.462 e. The van der Waals surface area contributed by atoms with E-state index in [0.29, 0.717) is 43.6 Å². The molecule has 8 atom stereocenters. The number of aryl methyl sites for hydroxylation is 4. The third-order valence-electron chi connectivity index (χ3n) is 15.8. The maximum absolute atomic E-state index is 13.2. The number of rotatable bonds is 24. The topological polar surface area (TPSA) is 139 Å². The molecule has 4 aromatic carbocycles. The van der Waals surface area contributed by atoms with Gasteiger partial charge in [0.05, 0.1) is 42.5 Å². The standard InChI is InChI=1S/C44H62O6Si2.C29H41F3O5Si/c1-32-30-33(2)40(42(46)47-28-29-51(9,10)11)35(31-32)21-19-27-39-41(49-44(7,8)48-39)38(45)26-18-20-34(3)50-52(43(4,5)6,36-22-14-12-15-23-36)37-24-16-13-17-25-37;1-19-17-20(2)25(27(34)35-15-16-38(6,7)8)22(18-19)12-10-14-24-26(37-28(4,5)36-24)23(33)13-9-11-21(3)29(30,31)32/h12-19,21-26,30-31,34,38-39,41,45H,20,27-29H2,1-11H3;10,12,17-18,21,23-24,26,33H,11,14-16H2,1-8H3/b21-19+,26-18-;12-10+/t34-,38?,39-,41+;21-,23?,24+,26-/m01/s1. The van der Waals surface area contributed by atoms with Gasteiger partial charge in [-0.1, -0.05) is 211 Å². The van der Waals surface area contributed by atoms with Crippen molar-refractivity contribution < 1.29 is 65.8 Å². The quantitative estimate of drug-likeness (QED) is 0.0300. The van der Waals surface area contributed by atoms with Gasteiger partial charge >= 0.3 is 18.1 Å². The summed E-state index contributed by atoms with van der Waals surface area (Å²) in [5.41, 5.74) is 6.43. The highest BCUT2D eigenvalue weighted by molar-refractivity contribution is 6.99. The molecule has 0 aromatic heterocycles. The first-order valence-electron chi connectivity index (χ1n) is 31.7. The molecule has 17 heteroatoms. The molecule has 90 heavy (non-hydrogen) atoms. The number of aliphatic hydroxyl groups is 2.